The van der Waals surface area contributed by atoms with Crippen LogP contribution in [0.5, 0.6) is 0 Å². The third kappa shape index (κ3) is 5.68. The molecule has 0 aliphatic rings. The van der Waals surface area contributed by atoms with E-state index in [4.69, 9.17) is 21.0 Å². The molecule has 0 aromatic carbocycles. The van der Waals surface area contributed by atoms with E-state index in [-0.39, 0.29) is 0 Å². The lowest BCUT2D eigenvalue weighted by Crippen LogP contribution is -2.32. The lowest BCUT2D eigenvalue weighted by Gasteiger charge is -1.98. The van der Waals surface area contributed by atoms with Crippen molar-refractivity contribution in [3.05, 3.63) is 30.1 Å². The topological polar surface area (TPSA) is 99.0 Å². The van der Waals surface area contributed by atoms with Crippen LogP contribution in [-0.4, -0.2) is 6.15 Å². The molecule has 0 spiro atoms. The molecule has 0 saturated carbocycles. The number of hydrogen-bond acceptors (Lipinski definition) is 4. The van der Waals surface area contributed by atoms with E-state index in [0.717, 1.165) is 6.54 Å². The van der Waals surface area contributed by atoms with Crippen LogP contribution in [0.2, 0.25) is 0 Å². The van der Waals surface area contributed by atoms with Crippen molar-refractivity contribution in [2.45, 2.75) is 33.2 Å². The highest BCUT2D eigenvalue weighted by Gasteiger charge is 2.22. The number of hydrogen-bond donors (Lipinski definition) is 0. The standard InChI is InChI=1S/C10H16N.C4BN4/c1-3-4-7-11-8-5-10(2)6-9-11;6-1-5(2-7,3-8)4-9/h5-6,8-9H,3-4,7H2,1-2H3;/q+1;-1. The minimum absolute atomic E-state index is 1.15. The Kier molecular flexibility index (Phi) is 7.86. The van der Waals surface area contributed by atoms with E-state index in [1.807, 2.05) is 0 Å². The minimum Gasteiger partial charge on any atom is -0.245 e. The molecule has 0 atom stereocenters. The lowest BCUT2D eigenvalue weighted by atomic mass is 9.30. The molecule has 1 aromatic rings. The van der Waals surface area contributed by atoms with E-state index < -0.39 is 6.15 Å². The highest BCUT2D eigenvalue weighted by Crippen LogP contribution is 1.93. The summed E-state index contributed by atoms with van der Waals surface area (Å²) in [4.78, 5) is 0. The molecule has 6 heteroatoms. The predicted molar refractivity (Wildman–Crippen MR) is 74.5 cm³/mol. The Balaban J connectivity index is 0.000000370. The van der Waals surface area contributed by atoms with Crippen LogP contribution in [0, 0.1) is 51.8 Å². The smallest absolute Gasteiger partial charge is 0.245 e. The Morgan fingerprint density at radius 1 is 1.00 bits per heavy atom. The Morgan fingerprint density at radius 2 is 1.45 bits per heavy atom. The van der Waals surface area contributed by atoms with Gasteiger partial charge in [0, 0.05) is 18.6 Å². The first-order valence-electron chi connectivity index (χ1n) is 6.33. The largest absolute Gasteiger partial charge is 0.383 e. The van der Waals surface area contributed by atoms with Crippen molar-refractivity contribution in [3.63, 3.8) is 0 Å². The van der Waals surface area contributed by atoms with E-state index in [1.54, 1.807) is 0 Å². The molecule has 1 aromatic heterocycles. The first kappa shape index (κ1) is 17.2. The van der Waals surface area contributed by atoms with E-state index in [2.05, 4.69) is 42.9 Å². The van der Waals surface area contributed by atoms with Gasteiger partial charge in [0.05, 0.1) is 0 Å². The maximum Gasteiger partial charge on any atom is 0.383 e. The van der Waals surface area contributed by atoms with Gasteiger partial charge in [-0.05, 0) is 12.5 Å². The SMILES string of the molecule is CCCC[n+]1ccc(C)cc1.N#C[B-](C#N)(C#N)C#N. The van der Waals surface area contributed by atoms with Crippen LogP contribution in [0.25, 0.3) is 0 Å². The number of unbranched alkanes of at least 4 members (excludes halogenated alkanes) is 1. The van der Waals surface area contributed by atoms with Gasteiger partial charge in [0.2, 0.25) is 0 Å². The predicted octanol–water partition coefficient (Wildman–Crippen LogP) is 1.77. The summed E-state index contributed by atoms with van der Waals surface area (Å²) in [6.07, 6.45) is 4.10. The molecular formula is C14H16BN5. The van der Waals surface area contributed by atoms with E-state index >= 15 is 0 Å². The zero-order valence-electron chi connectivity index (χ0n) is 11.7. The molecule has 0 bridgehead atoms. The molecular weight excluding hydrogens is 249 g/mol. The fraction of sp³-hybridized carbons (Fsp3) is 0.357. The van der Waals surface area contributed by atoms with Gasteiger partial charge in [0.25, 0.3) is 0 Å². The summed E-state index contributed by atoms with van der Waals surface area (Å²) < 4.78 is 2.23. The third-order valence-corrected chi connectivity index (χ3v) is 2.60. The average Bonchev–Trinajstić information content (AvgIpc) is 2.50. The number of pyridine rings is 1. The normalized spacial score (nSPS) is 8.90. The molecule has 5 nitrogen and oxygen atoms in total. The van der Waals surface area contributed by atoms with Crippen LogP contribution in [0.1, 0.15) is 25.3 Å². The van der Waals surface area contributed by atoms with Crippen LogP contribution in [-0.2, 0) is 6.54 Å². The molecule has 1 rings (SSSR count). The fourth-order valence-corrected chi connectivity index (χ4v) is 1.19. The second-order valence-electron chi connectivity index (χ2n) is 4.35. The van der Waals surface area contributed by atoms with E-state index in [0.29, 0.717) is 0 Å². The third-order valence-electron chi connectivity index (χ3n) is 2.60. The van der Waals surface area contributed by atoms with Gasteiger partial charge in [0.15, 0.2) is 12.4 Å². The van der Waals surface area contributed by atoms with Crippen LogP contribution in [0.15, 0.2) is 24.5 Å². The van der Waals surface area contributed by atoms with Gasteiger partial charge in [-0.1, -0.05) is 13.3 Å². The van der Waals surface area contributed by atoms with Gasteiger partial charge >= 0.3 is 6.15 Å². The molecule has 100 valence electrons. The minimum atomic E-state index is -2.72. The number of rotatable bonds is 3. The van der Waals surface area contributed by atoms with Crippen molar-refractivity contribution in [2.75, 3.05) is 0 Å². The van der Waals surface area contributed by atoms with Crippen molar-refractivity contribution in [1.29, 1.82) is 21.0 Å². The Bertz CT molecular complexity index is 519. The Labute approximate surface area is 119 Å². The number of aryl methyl sites for hydroxylation is 2. The van der Waals surface area contributed by atoms with E-state index in [9.17, 15) is 0 Å². The summed E-state index contributed by atoms with van der Waals surface area (Å²) in [6, 6.07) is 4.30. The van der Waals surface area contributed by atoms with E-state index in [1.165, 1.54) is 42.3 Å². The first-order valence-corrected chi connectivity index (χ1v) is 6.33. The monoisotopic (exact) mass is 265 g/mol. The van der Waals surface area contributed by atoms with Crippen molar-refractivity contribution in [3.8, 4) is 23.9 Å². The first-order chi connectivity index (χ1) is 9.57. The molecule has 1 heterocycles. The molecule has 0 saturated heterocycles. The Hall–Kier alpha value is -2.83. The zero-order valence-corrected chi connectivity index (χ0v) is 11.7. The summed E-state index contributed by atoms with van der Waals surface area (Å²) in [7, 11) is 0. The van der Waals surface area contributed by atoms with Crippen molar-refractivity contribution in [1.82, 2.24) is 0 Å². The van der Waals surface area contributed by atoms with Crippen LogP contribution < -0.4 is 4.57 Å². The maximum atomic E-state index is 8.09. The maximum absolute atomic E-state index is 8.09. The molecule has 0 aliphatic carbocycles. The molecule has 0 fully saturated rings. The van der Waals surface area contributed by atoms with Gasteiger partial charge in [0.1, 0.15) is 6.54 Å². The molecule has 0 aliphatic heterocycles. The van der Waals surface area contributed by atoms with Gasteiger partial charge in [-0.25, -0.2) is 25.6 Å². The van der Waals surface area contributed by atoms with Crippen LogP contribution in [0.3, 0.4) is 0 Å². The van der Waals surface area contributed by atoms with Gasteiger partial charge in [-0.2, -0.15) is 0 Å². The van der Waals surface area contributed by atoms with Crippen molar-refractivity contribution in [2.24, 2.45) is 0 Å². The highest BCUT2D eigenvalue weighted by molar-refractivity contribution is 7.05. The highest BCUT2D eigenvalue weighted by atomic mass is 14.9. The number of aromatic nitrogens is 1. The molecule has 0 amide bonds. The van der Waals surface area contributed by atoms with Crippen LogP contribution >= 0.6 is 0 Å². The van der Waals surface area contributed by atoms with Crippen molar-refractivity contribution < 1.29 is 4.57 Å². The number of nitrogens with zero attached hydrogens (tertiary/aromatic N) is 5. The zero-order chi connectivity index (χ0) is 15.4. The molecule has 0 radical (unpaired) electrons. The number of nitriles is 4. The van der Waals surface area contributed by atoms with Crippen molar-refractivity contribution >= 4 is 6.15 Å². The molecule has 20 heavy (non-hydrogen) atoms. The van der Waals surface area contributed by atoms with Gasteiger partial charge in [-0.3, -0.25) is 0 Å². The second kappa shape index (κ2) is 9.15. The second-order valence-corrected chi connectivity index (χ2v) is 4.35. The quantitative estimate of drug-likeness (QED) is 0.614. The molecule has 0 unspecified atom stereocenters. The fourth-order valence-electron chi connectivity index (χ4n) is 1.19. The summed E-state index contributed by atoms with van der Waals surface area (Å²) in [6.45, 7) is 5.48. The Morgan fingerprint density at radius 3 is 1.75 bits per heavy atom. The van der Waals surface area contributed by atoms with Gasteiger partial charge in [-0.15, -0.1) is 23.9 Å². The summed E-state index contributed by atoms with van der Waals surface area (Å²) >= 11 is 0. The van der Waals surface area contributed by atoms with Crippen LogP contribution in [0.4, 0.5) is 0 Å². The molecule has 0 N–H and O–H groups in total. The summed E-state index contributed by atoms with van der Waals surface area (Å²) in [5.74, 6) is 5.38. The lowest BCUT2D eigenvalue weighted by molar-refractivity contribution is -0.697. The summed E-state index contributed by atoms with van der Waals surface area (Å²) in [5.41, 5.74) is 1.33. The summed E-state index contributed by atoms with van der Waals surface area (Å²) in [5, 5.41) is 32.3. The van der Waals surface area contributed by atoms with Gasteiger partial charge < -0.3 is 0 Å². The average molecular weight is 265 g/mol.